The normalized spacial score (nSPS) is 28.6. The molecule has 1 spiro atoms. The third-order valence-corrected chi connectivity index (χ3v) is 17.4. The Morgan fingerprint density at radius 2 is 1.79 bits per heavy atom. The van der Waals surface area contributed by atoms with E-state index in [4.69, 9.17) is 20.6 Å². The van der Waals surface area contributed by atoms with Crippen molar-refractivity contribution < 1.29 is 29.6 Å². The highest BCUT2D eigenvalue weighted by Crippen LogP contribution is 2.60. The van der Waals surface area contributed by atoms with E-state index in [1.54, 1.807) is 13.1 Å². The summed E-state index contributed by atoms with van der Waals surface area (Å²) in [5.41, 5.74) is 18.1. The van der Waals surface area contributed by atoms with Crippen molar-refractivity contribution in [3.63, 3.8) is 0 Å². The maximum Gasteiger partial charge on any atom is 0.188 e. The van der Waals surface area contributed by atoms with Gasteiger partial charge in [0.15, 0.2) is 17.5 Å². The second-order valence-corrected chi connectivity index (χ2v) is 22.0. The van der Waals surface area contributed by atoms with Gasteiger partial charge >= 0.3 is 0 Å². The maximum absolute atomic E-state index is 11.6. The fraction of sp³-hybridized carbons (Fsp3) is 0.722. The lowest BCUT2D eigenvalue weighted by Crippen LogP contribution is -2.39. The highest BCUT2D eigenvalue weighted by molar-refractivity contribution is 5.77. The number of hydrogen-bond acceptors (Lipinski definition) is 9. The fourth-order valence-electron chi connectivity index (χ4n) is 14.0. The van der Waals surface area contributed by atoms with Crippen LogP contribution in [0.1, 0.15) is 162 Å². The number of aromatic amines is 1. The van der Waals surface area contributed by atoms with E-state index in [-0.39, 0.29) is 19.0 Å². The summed E-state index contributed by atoms with van der Waals surface area (Å²) >= 11 is 0. The third kappa shape index (κ3) is 11.6. The standard InChI is InChI=1S/C54H84N6O6/c1-33(28-59-53(56)57-3)9-16-42-37-14-10-35(21-38(42)24-40(55)23-37)13-18-51-39(31-61)25-41(66-51)15-11-36-12-17-49(63)52(22-36)65-32-50(64)47-26-44-45(30-58-29-34(2)62)43-7-6-8-46(43)54(19-4-5-20-54)27-48(44)60-47/h12,17,22,25-26,33-35,37-38,40,42-43,45-46,50,58,60-64H,4-11,13-16,18-21,23-24,27-32,55H2,1-3H3,(H3,56,57,59). The molecule has 5 aliphatic rings. The molecular formula is C54H84N6O6. The van der Waals surface area contributed by atoms with Crippen molar-refractivity contribution >= 4 is 5.96 Å². The number of nitrogens with two attached hydrogens (primary N) is 2. The van der Waals surface area contributed by atoms with Crippen molar-refractivity contribution in [2.45, 2.75) is 167 Å². The van der Waals surface area contributed by atoms with E-state index in [0.29, 0.717) is 78.1 Å². The molecule has 4 fully saturated rings. The Bertz CT molecular complexity index is 2040. The molecule has 0 radical (unpaired) electrons. The predicted molar refractivity (Wildman–Crippen MR) is 261 cm³/mol. The molecule has 12 heteroatoms. The molecule has 4 saturated carbocycles. The van der Waals surface area contributed by atoms with Gasteiger partial charge in [-0.1, -0.05) is 38.7 Å². The van der Waals surface area contributed by atoms with E-state index < -0.39 is 12.2 Å². The average molecular weight is 913 g/mol. The Balaban J connectivity index is 0.857. The summed E-state index contributed by atoms with van der Waals surface area (Å²) in [5.74, 6) is 7.57. The van der Waals surface area contributed by atoms with Gasteiger partial charge in [0.1, 0.15) is 24.2 Å². The molecule has 0 saturated heterocycles. The van der Waals surface area contributed by atoms with Gasteiger partial charge in [0, 0.05) is 68.4 Å². The molecule has 12 nitrogen and oxygen atoms in total. The summed E-state index contributed by atoms with van der Waals surface area (Å²) in [7, 11) is 1.72. The minimum atomic E-state index is -0.886. The number of nitrogens with one attached hydrogen (secondary N) is 3. The molecule has 11 atom stereocenters. The summed E-state index contributed by atoms with van der Waals surface area (Å²) in [5, 5.41) is 49.7. The number of fused-ring (bicyclic) bond motifs is 5. The Morgan fingerprint density at radius 1 is 0.970 bits per heavy atom. The van der Waals surface area contributed by atoms with E-state index in [1.165, 1.54) is 88.3 Å². The Labute approximate surface area is 394 Å². The molecule has 2 aromatic heterocycles. The van der Waals surface area contributed by atoms with Crippen LogP contribution in [0.25, 0.3) is 0 Å². The van der Waals surface area contributed by atoms with Crippen LogP contribution in [0, 0.1) is 46.8 Å². The summed E-state index contributed by atoms with van der Waals surface area (Å²) in [6.45, 7) is 6.35. The average Bonchev–Trinajstić information content (AvgIpc) is 4.13. The van der Waals surface area contributed by atoms with Crippen LogP contribution < -0.4 is 26.8 Å². The zero-order valence-corrected chi connectivity index (χ0v) is 40.4. The summed E-state index contributed by atoms with van der Waals surface area (Å²) in [6.07, 6.45) is 20.4. The van der Waals surface area contributed by atoms with Crippen molar-refractivity contribution in [3.8, 4) is 11.5 Å². The van der Waals surface area contributed by atoms with Crippen LogP contribution in [0.3, 0.4) is 0 Å². The Morgan fingerprint density at radius 3 is 2.58 bits per heavy atom. The largest absolute Gasteiger partial charge is 0.504 e. The van der Waals surface area contributed by atoms with E-state index in [9.17, 15) is 20.4 Å². The molecular weight excluding hydrogens is 829 g/mol. The van der Waals surface area contributed by atoms with Crippen molar-refractivity contribution in [1.82, 2.24) is 15.6 Å². The molecule has 8 rings (SSSR count). The molecule has 5 aliphatic carbocycles. The van der Waals surface area contributed by atoms with Gasteiger partial charge in [0.2, 0.25) is 0 Å². The van der Waals surface area contributed by atoms with Gasteiger partial charge in [0.05, 0.1) is 12.7 Å². The van der Waals surface area contributed by atoms with Gasteiger partial charge < -0.3 is 56.7 Å². The number of aliphatic imine (C=N–C) groups is 1. The number of nitrogens with zero attached hydrogens (tertiary/aromatic N) is 1. The number of aromatic nitrogens is 1. The first-order chi connectivity index (χ1) is 31.9. The topological polar surface area (TPSA) is 208 Å². The van der Waals surface area contributed by atoms with Crippen LogP contribution in [-0.2, 0) is 32.3 Å². The molecule has 0 aliphatic heterocycles. The monoisotopic (exact) mass is 913 g/mol. The summed E-state index contributed by atoms with van der Waals surface area (Å²) in [6, 6.07) is 9.96. The van der Waals surface area contributed by atoms with Gasteiger partial charge in [-0.05, 0) is 173 Å². The number of ether oxygens (including phenoxy) is 1. The number of rotatable bonds is 20. The number of H-pyrrole nitrogens is 1. The second kappa shape index (κ2) is 22.3. The molecule has 366 valence electrons. The number of aryl methyl sites for hydroxylation is 3. The van der Waals surface area contributed by atoms with Crippen LogP contribution >= 0.6 is 0 Å². The lowest BCUT2D eigenvalue weighted by atomic mass is 9.66. The minimum absolute atomic E-state index is 0.0118. The number of aliphatic hydroxyl groups excluding tert-OH is 3. The first-order valence-electron chi connectivity index (χ1n) is 26.1. The zero-order valence-electron chi connectivity index (χ0n) is 40.4. The highest BCUT2D eigenvalue weighted by atomic mass is 16.5. The molecule has 66 heavy (non-hydrogen) atoms. The molecule has 11 unspecified atom stereocenters. The smallest absolute Gasteiger partial charge is 0.188 e. The first kappa shape index (κ1) is 48.9. The summed E-state index contributed by atoms with van der Waals surface area (Å²) < 4.78 is 12.6. The van der Waals surface area contributed by atoms with Gasteiger partial charge in [-0.25, -0.2) is 0 Å². The van der Waals surface area contributed by atoms with Crippen molar-refractivity contribution in [3.05, 3.63) is 69.9 Å². The van der Waals surface area contributed by atoms with E-state index in [1.807, 2.05) is 25.1 Å². The SMILES string of the molecule is CN=C(N)NCC(C)CCC1C2CCC(CCc3oc(CCc4ccc(O)c(OCC(O)c5cc6c([nH]5)CC5(CCCC5)C5CCCC5C6CNCC(C)O)c4)cc3CO)CC1CC(N)C2. The number of hydrogen-bond donors (Lipinski definition) is 9. The number of phenols is 1. The highest BCUT2D eigenvalue weighted by Gasteiger charge is 2.52. The van der Waals surface area contributed by atoms with Crippen molar-refractivity contribution in [2.24, 2.45) is 63.3 Å². The maximum atomic E-state index is 11.6. The molecule has 2 heterocycles. The van der Waals surface area contributed by atoms with Gasteiger partial charge in [-0.15, -0.1) is 0 Å². The Kier molecular flexibility index (Phi) is 16.5. The number of aliphatic hydroxyl groups is 3. The third-order valence-electron chi connectivity index (χ3n) is 17.4. The lowest BCUT2D eigenvalue weighted by molar-refractivity contribution is 0.101. The van der Waals surface area contributed by atoms with Crippen LogP contribution in [0.2, 0.25) is 0 Å². The first-order valence-corrected chi connectivity index (χ1v) is 26.1. The number of phenolic OH excluding ortho intramolecular Hbond substituents is 1. The molecule has 2 bridgehead atoms. The lowest BCUT2D eigenvalue weighted by Gasteiger charge is -2.40. The molecule has 0 amide bonds. The van der Waals surface area contributed by atoms with Crippen LogP contribution in [-0.4, -0.2) is 76.8 Å². The minimum Gasteiger partial charge on any atom is -0.504 e. The number of guanidine groups is 1. The van der Waals surface area contributed by atoms with E-state index >= 15 is 0 Å². The molecule has 11 N–H and O–H groups in total. The Hall–Kier alpha value is -3.55. The number of aromatic hydroxyl groups is 1. The second-order valence-electron chi connectivity index (χ2n) is 22.0. The number of benzene rings is 1. The fourth-order valence-corrected chi connectivity index (χ4v) is 14.0. The molecule has 3 aromatic rings. The van der Waals surface area contributed by atoms with E-state index in [0.717, 1.165) is 85.4 Å². The number of furan rings is 1. The molecule has 1 aromatic carbocycles. The van der Waals surface area contributed by atoms with Gasteiger partial charge in [-0.3, -0.25) is 4.99 Å². The zero-order chi connectivity index (χ0) is 46.4. The van der Waals surface area contributed by atoms with Gasteiger partial charge in [0.25, 0.3) is 0 Å². The van der Waals surface area contributed by atoms with Crippen molar-refractivity contribution in [2.75, 3.05) is 33.3 Å². The van der Waals surface area contributed by atoms with Gasteiger partial charge in [-0.2, -0.15) is 0 Å². The van der Waals surface area contributed by atoms with Crippen molar-refractivity contribution in [1.29, 1.82) is 0 Å². The summed E-state index contributed by atoms with van der Waals surface area (Å²) in [4.78, 5) is 7.74. The quantitative estimate of drug-likeness (QED) is 0.0395. The van der Waals surface area contributed by atoms with E-state index in [2.05, 4.69) is 33.6 Å². The predicted octanol–water partition coefficient (Wildman–Crippen LogP) is 7.94. The van der Waals surface area contributed by atoms with Crippen LogP contribution in [0.5, 0.6) is 11.5 Å². The van der Waals surface area contributed by atoms with Crippen LogP contribution in [0.15, 0.2) is 39.7 Å². The van der Waals surface area contributed by atoms with Crippen LogP contribution in [0.4, 0.5) is 0 Å².